The van der Waals surface area contributed by atoms with E-state index in [0.717, 1.165) is 0 Å². The topological polar surface area (TPSA) is 78.7 Å². The van der Waals surface area contributed by atoms with Gasteiger partial charge in [0, 0.05) is 6.07 Å². The summed E-state index contributed by atoms with van der Waals surface area (Å²) in [6.45, 7) is 6.42. The molecule has 19 heavy (non-hydrogen) atoms. The highest BCUT2D eigenvalue weighted by Gasteiger charge is 2.19. The zero-order valence-corrected chi connectivity index (χ0v) is 11.2. The molecule has 0 heterocycles. The Morgan fingerprint density at radius 2 is 2.05 bits per heavy atom. The van der Waals surface area contributed by atoms with Crippen molar-refractivity contribution >= 4 is 12.0 Å². The molecule has 1 aromatic carbocycles. The van der Waals surface area contributed by atoms with Gasteiger partial charge in [-0.25, -0.2) is 0 Å². The average molecular weight is 267 g/mol. The molecule has 0 spiro atoms. The van der Waals surface area contributed by atoms with Gasteiger partial charge in [0.05, 0.1) is 29.8 Å². The molecular weight excluding hydrogens is 250 g/mol. The monoisotopic (exact) mass is 267 g/mol. The number of nitro benzene ring substituents is 1. The number of carbonyl (C=O) groups is 1. The minimum Gasteiger partial charge on any atom is -0.490 e. The highest BCUT2D eigenvalue weighted by atomic mass is 16.6. The number of non-ortho nitro benzene ring substituents is 1. The van der Waals surface area contributed by atoms with Crippen molar-refractivity contribution in [3.63, 3.8) is 0 Å². The van der Waals surface area contributed by atoms with Crippen LogP contribution >= 0.6 is 0 Å². The lowest BCUT2D eigenvalue weighted by atomic mass is 10.1. The summed E-state index contributed by atoms with van der Waals surface area (Å²) < 4.78 is 10.8. The molecule has 104 valence electrons. The number of hydrogen-bond acceptors (Lipinski definition) is 5. The SMILES string of the molecule is CCOc1cc([N+](=O)[O-])cc(C=O)c1OCC(C)C. The van der Waals surface area contributed by atoms with E-state index in [2.05, 4.69) is 0 Å². The van der Waals surface area contributed by atoms with E-state index in [-0.39, 0.29) is 28.7 Å². The van der Waals surface area contributed by atoms with E-state index in [1.54, 1.807) is 6.92 Å². The molecule has 0 aliphatic heterocycles. The second kappa shape index (κ2) is 6.72. The Bertz CT molecular complexity index is 470. The summed E-state index contributed by atoms with van der Waals surface area (Å²) >= 11 is 0. The van der Waals surface area contributed by atoms with Gasteiger partial charge in [-0.3, -0.25) is 14.9 Å². The molecule has 0 saturated carbocycles. The summed E-state index contributed by atoms with van der Waals surface area (Å²) in [5.74, 6) is 0.750. The third kappa shape index (κ3) is 3.94. The Balaban J connectivity index is 3.23. The van der Waals surface area contributed by atoms with Crippen LogP contribution in [0.3, 0.4) is 0 Å². The Labute approximate surface area is 111 Å². The Morgan fingerprint density at radius 3 is 2.53 bits per heavy atom. The van der Waals surface area contributed by atoms with E-state index < -0.39 is 4.92 Å². The van der Waals surface area contributed by atoms with Crippen molar-refractivity contribution in [1.29, 1.82) is 0 Å². The molecular formula is C13H17NO5. The van der Waals surface area contributed by atoms with E-state index in [1.165, 1.54) is 12.1 Å². The molecule has 0 fully saturated rings. The number of nitrogens with zero attached hydrogens (tertiary/aromatic N) is 1. The first-order valence-electron chi connectivity index (χ1n) is 6.02. The van der Waals surface area contributed by atoms with Crippen molar-refractivity contribution in [2.24, 2.45) is 5.92 Å². The molecule has 0 aliphatic carbocycles. The Hall–Kier alpha value is -2.11. The van der Waals surface area contributed by atoms with Crippen LogP contribution in [0.15, 0.2) is 12.1 Å². The zero-order valence-electron chi connectivity index (χ0n) is 11.2. The van der Waals surface area contributed by atoms with Crippen LogP contribution in [0.5, 0.6) is 11.5 Å². The molecule has 0 radical (unpaired) electrons. The van der Waals surface area contributed by atoms with Gasteiger partial charge in [-0.15, -0.1) is 0 Å². The quantitative estimate of drug-likeness (QED) is 0.431. The van der Waals surface area contributed by atoms with E-state index in [4.69, 9.17) is 9.47 Å². The maximum atomic E-state index is 11.0. The fourth-order valence-corrected chi connectivity index (χ4v) is 1.47. The van der Waals surface area contributed by atoms with Crippen LogP contribution in [0, 0.1) is 16.0 Å². The van der Waals surface area contributed by atoms with Gasteiger partial charge in [-0.1, -0.05) is 13.8 Å². The summed E-state index contributed by atoms with van der Waals surface area (Å²) in [6, 6.07) is 2.46. The van der Waals surface area contributed by atoms with E-state index >= 15 is 0 Å². The second-order valence-corrected chi connectivity index (χ2v) is 4.38. The van der Waals surface area contributed by atoms with Crippen LogP contribution in [0.1, 0.15) is 31.1 Å². The smallest absolute Gasteiger partial charge is 0.274 e. The number of rotatable bonds is 7. The van der Waals surface area contributed by atoms with E-state index in [1.807, 2.05) is 13.8 Å². The highest BCUT2D eigenvalue weighted by Crippen LogP contribution is 2.35. The molecule has 6 heteroatoms. The summed E-state index contributed by atoms with van der Waals surface area (Å²) in [4.78, 5) is 21.3. The van der Waals surface area contributed by atoms with Crippen molar-refractivity contribution in [3.05, 3.63) is 27.8 Å². The van der Waals surface area contributed by atoms with E-state index in [9.17, 15) is 14.9 Å². The van der Waals surface area contributed by atoms with Crippen molar-refractivity contribution in [2.75, 3.05) is 13.2 Å². The lowest BCUT2D eigenvalue weighted by Gasteiger charge is -2.15. The standard InChI is InChI=1S/C13H17NO5/c1-4-18-12-6-11(14(16)17)5-10(7-15)13(12)19-8-9(2)3/h5-7,9H,4,8H2,1-3H3. The van der Waals surface area contributed by atoms with Crippen LogP contribution in [-0.4, -0.2) is 24.4 Å². The summed E-state index contributed by atoms with van der Waals surface area (Å²) in [5.41, 5.74) is -0.0688. The van der Waals surface area contributed by atoms with Crippen molar-refractivity contribution in [2.45, 2.75) is 20.8 Å². The van der Waals surface area contributed by atoms with Gasteiger partial charge in [-0.2, -0.15) is 0 Å². The summed E-state index contributed by atoms with van der Waals surface area (Å²) in [6.07, 6.45) is 0.533. The third-order valence-electron chi connectivity index (χ3n) is 2.27. The van der Waals surface area contributed by atoms with Gasteiger partial charge in [0.25, 0.3) is 5.69 Å². The molecule has 1 aromatic rings. The first-order chi connectivity index (χ1) is 8.99. The lowest BCUT2D eigenvalue weighted by Crippen LogP contribution is -2.08. The molecule has 6 nitrogen and oxygen atoms in total. The molecule has 0 bridgehead atoms. The van der Waals surface area contributed by atoms with Crippen LogP contribution in [-0.2, 0) is 0 Å². The maximum Gasteiger partial charge on any atom is 0.274 e. The predicted molar refractivity (Wildman–Crippen MR) is 70.0 cm³/mol. The highest BCUT2D eigenvalue weighted by molar-refractivity contribution is 5.83. The predicted octanol–water partition coefficient (Wildman–Crippen LogP) is 2.84. The first-order valence-corrected chi connectivity index (χ1v) is 6.02. The number of aldehydes is 1. The fraction of sp³-hybridized carbons (Fsp3) is 0.462. The van der Waals surface area contributed by atoms with Gasteiger partial charge in [-0.05, 0) is 12.8 Å². The van der Waals surface area contributed by atoms with Crippen LogP contribution < -0.4 is 9.47 Å². The minimum absolute atomic E-state index is 0.123. The van der Waals surface area contributed by atoms with Gasteiger partial charge < -0.3 is 9.47 Å². The zero-order chi connectivity index (χ0) is 14.4. The number of carbonyl (C=O) groups excluding carboxylic acids is 1. The molecule has 0 aromatic heterocycles. The van der Waals surface area contributed by atoms with Crippen LogP contribution in [0.2, 0.25) is 0 Å². The molecule has 0 aliphatic rings. The summed E-state index contributed by atoms with van der Waals surface area (Å²) in [5, 5.41) is 10.8. The van der Waals surface area contributed by atoms with Crippen molar-refractivity contribution in [1.82, 2.24) is 0 Å². The number of hydrogen-bond donors (Lipinski definition) is 0. The van der Waals surface area contributed by atoms with Gasteiger partial charge >= 0.3 is 0 Å². The largest absolute Gasteiger partial charge is 0.490 e. The fourth-order valence-electron chi connectivity index (χ4n) is 1.47. The molecule has 0 saturated heterocycles. The van der Waals surface area contributed by atoms with Crippen molar-refractivity contribution in [3.8, 4) is 11.5 Å². The van der Waals surface area contributed by atoms with Gasteiger partial charge in [0.1, 0.15) is 0 Å². The molecule has 0 atom stereocenters. The second-order valence-electron chi connectivity index (χ2n) is 4.38. The minimum atomic E-state index is -0.568. The van der Waals surface area contributed by atoms with Crippen LogP contribution in [0.25, 0.3) is 0 Å². The molecule has 0 N–H and O–H groups in total. The maximum absolute atomic E-state index is 11.0. The Kier molecular flexibility index (Phi) is 5.29. The van der Waals surface area contributed by atoms with E-state index in [0.29, 0.717) is 19.5 Å². The summed E-state index contributed by atoms with van der Waals surface area (Å²) in [7, 11) is 0. The van der Waals surface area contributed by atoms with Crippen LogP contribution in [0.4, 0.5) is 5.69 Å². The molecule has 1 rings (SSSR count). The molecule has 0 amide bonds. The number of nitro groups is 1. The third-order valence-corrected chi connectivity index (χ3v) is 2.27. The van der Waals surface area contributed by atoms with Gasteiger partial charge in [0.15, 0.2) is 17.8 Å². The lowest BCUT2D eigenvalue weighted by molar-refractivity contribution is -0.385. The number of ether oxygens (including phenoxy) is 2. The first kappa shape index (κ1) is 14.9. The normalized spacial score (nSPS) is 10.3. The Morgan fingerprint density at radius 1 is 1.37 bits per heavy atom. The van der Waals surface area contributed by atoms with Gasteiger partial charge in [0.2, 0.25) is 0 Å². The average Bonchev–Trinajstić information content (AvgIpc) is 2.36. The number of benzene rings is 1. The molecule has 0 unspecified atom stereocenters. The van der Waals surface area contributed by atoms with Crippen molar-refractivity contribution < 1.29 is 19.2 Å².